The van der Waals surface area contributed by atoms with Gasteiger partial charge in [-0.05, 0) is 20.8 Å². The van der Waals surface area contributed by atoms with Crippen molar-refractivity contribution in [1.29, 1.82) is 0 Å². The number of nitrogens with two attached hydrogens (primary N) is 1. The Morgan fingerprint density at radius 3 is 1.59 bits per heavy atom. The molecule has 0 aromatic rings. The molecular weight excluding hydrogens is 253 g/mol. The molecule has 102 valence electrons. The Bertz CT molecular complexity index is 270. The first-order valence-electron chi connectivity index (χ1n) is 4.81. The lowest BCUT2D eigenvalue weighted by Crippen LogP contribution is -2.18. The highest BCUT2D eigenvalue weighted by molar-refractivity contribution is 7.54. The van der Waals surface area contributed by atoms with Crippen molar-refractivity contribution < 1.29 is 33.4 Å². The van der Waals surface area contributed by atoms with Gasteiger partial charge in [0.05, 0.1) is 13.2 Å². The van der Waals surface area contributed by atoms with Gasteiger partial charge in [-0.3, -0.25) is 4.57 Å². The normalized spacial score (nSPS) is 12.2. The molecule has 9 heteroatoms. The van der Waals surface area contributed by atoms with Gasteiger partial charge in [-0.1, -0.05) is 0 Å². The van der Waals surface area contributed by atoms with Crippen LogP contribution in [-0.2, 0) is 23.2 Å². The van der Waals surface area contributed by atoms with E-state index in [1.807, 2.05) is 0 Å². The second-order valence-electron chi connectivity index (χ2n) is 2.73. The van der Waals surface area contributed by atoms with Crippen LogP contribution in [0.5, 0.6) is 0 Å². The molecule has 4 N–H and O–H groups in total. The van der Waals surface area contributed by atoms with E-state index < -0.39 is 25.3 Å². The lowest BCUT2D eigenvalue weighted by atomic mass is 10.7. The predicted octanol–water partition coefficient (Wildman–Crippen LogP) is 0.713. The van der Waals surface area contributed by atoms with Gasteiger partial charge in [-0.15, -0.1) is 0 Å². The Morgan fingerprint density at radius 1 is 1.18 bits per heavy atom. The minimum absolute atomic E-state index is 0.360. The van der Waals surface area contributed by atoms with Gasteiger partial charge in [0.1, 0.15) is 5.78 Å². The summed E-state index contributed by atoms with van der Waals surface area (Å²) in [5, 5.41) is 14.8. The lowest BCUT2D eigenvalue weighted by Gasteiger charge is -2.19. The van der Waals surface area contributed by atoms with Gasteiger partial charge in [0.15, 0.2) is 0 Å². The Morgan fingerprint density at radius 2 is 1.47 bits per heavy atom. The van der Waals surface area contributed by atoms with Gasteiger partial charge in [0, 0.05) is 0 Å². The van der Waals surface area contributed by atoms with Crippen LogP contribution in [0.4, 0.5) is 0 Å². The van der Waals surface area contributed by atoms with Gasteiger partial charge in [-0.2, -0.15) is 0 Å². The zero-order valence-electron chi connectivity index (χ0n) is 9.95. The summed E-state index contributed by atoms with van der Waals surface area (Å²) >= 11 is 0. The summed E-state index contributed by atoms with van der Waals surface area (Å²) in [7, 11) is -3.01. The van der Waals surface area contributed by atoms with Crippen LogP contribution in [0.1, 0.15) is 20.8 Å². The number of hydrogen-bond acceptors (Lipinski definition) is 6. The quantitative estimate of drug-likeness (QED) is 0.491. The van der Waals surface area contributed by atoms with Crippen molar-refractivity contribution in [2.45, 2.75) is 26.6 Å². The van der Waals surface area contributed by atoms with Crippen LogP contribution in [0, 0.1) is 0 Å². The van der Waals surface area contributed by atoms with E-state index in [2.05, 4.69) is 0 Å². The van der Waals surface area contributed by atoms with Crippen LogP contribution in [0.25, 0.3) is 0 Å². The van der Waals surface area contributed by atoms with Gasteiger partial charge >= 0.3 is 19.5 Å². The van der Waals surface area contributed by atoms with Crippen LogP contribution in [0.15, 0.2) is 0 Å². The first kappa shape index (κ1) is 18.4. The third kappa shape index (κ3) is 8.82. The molecule has 0 aromatic heterocycles. The van der Waals surface area contributed by atoms with Crippen molar-refractivity contribution in [3.63, 3.8) is 0 Å². The number of rotatable bonds is 5. The molecule has 0 spiro atoms. The Kier molecular flexibility index (Phi) is 9.88. The molecule has 0 aromatic carbocycles. The van der Waals surface area contributed by atoms with E-state index >= 15 is 0 Å². The topological polar surface area (TPSA) is 136 Å². The summed E-state index contributed by atoms with van der Waals surface area (Å²) in [5.41, 5.74) is 5.43. The van der Waals surface area contributed by atoms with E-state index in [1.165, 1.54) is 0 Å². The molecule has 0 saturated carbocycles. The number of aliphatic carboxylic acids is 2. The van der Waals surface area contributed by atoms with E-state index in [1.54, 1.807) is 20.8 Å². The molecule has 1 unspecified atom stereocenters. The maximum Gasteiger partial charge on any atom is 0.414 e. The van der Waals surface area contributed by atoms with E-state index in [0.29, 0.717) is 13.2 Å². The molecule has 0 radical (unpaired) electrons. The first-order valence-corrected chi connectivity index (χ1v) is 6.43. The molecule has 0 heterocycles. The van der Waals surface area contributed by atoms with E-state index in [0.717, 1.165) is 0 Å². The largest absolute Gasteiger partial charge is 0.473 e. The van der Waals surface area contributed by atoms with Crippen molar-refractivity contribution in [1.82, 2.24) is 0 Å². The molecule has 8 nitrogen and oxygen atoms in total. The van der Waals surface area contributed by atoms with Crippen LogP contribution < -0.4 is 5.73 Å². The number of hydrogen-bond donors (Lipinski definition) is 3. The Hall–Kier alpha value is -0.950. The fourth-order valence-electron chi connectivity index (χ4n) is 0.632. The third-order valence-electron chi connectivity index (χ3n) is 1.30. The fourth-order valence-corrected chi connectivity index (χ4v) is 1.90. The lowest BCUT2D eigenvalue weighted by molar-refractivity contribution is -0.159. The molecule has 0 aliphatic carbocycles. The first-order chi connectivity index (χ1) is 7.71. The van der Waals surface area contributed by atoms with Gasteiger partial charge in [0.25, 0.3) is 0 Å². The summed E-state index contributed by atoms with van der Waals surface area (Å²) < 4.78 is 21.4. The second-order valence-corrected chi connectivity index (χ2v) is 5.14. The van der Waals surface area contributed by atoms with E-state index in [4.69, 9.17) is 34.6 Å². The minimum Gasteiger partial charge on any atom is -0.473 e. The highest BCUT2D eigenvalue weighted by atomic mass is 31.2. The summed E-state index contributed by atoms with van der Waals surface area (Å²) in [6.07, 6.45) is 0. The van der Waals surface area contributed by atoms with Crippen molar-refractivity contribution in [2.75, 3.05) is 13.2 Å². The molecule has 0 aliphatic heterocycles. The van der Waals surface area contributed by atoms with Crippen molar-refractivity contribution >= 4 is 19.5 Å². The smallest absolute Gasteiger partial charge is 0.414 e. The van der Waals surface area contributed by atoms with Crippen molar-refractivity contribution in [3.8, 4) is 0 Å². The molecule has 0 amide bonds. The maximum atomic E-state index is 11.5. The number of carbonyl (C=O) groups is 2. The molecule has 17 heavy (non-hydrogen) atoms. The second kappa shape index (κ2) is 9.12. The van der Waals surface area contributed by atoms with Gasteiger partial charge < -0.3 is 25.0 Å². The fraction of sp³-hybridized carbons (Fsp3) is 0.750. The summed E-state index contributed by atoms with van der Waals surface area (Å²) in [5.74, 6) is -4.20. The average molecular weight is 271 g/mol. The minimum atomic E-state index is -3.01. The summed E-state index contributed by atoms with van der Waals surface area (Å²) in [6.45, 7) is 5.85. The Labute approximate surface area is 99.2 Å². The van der Waals surface area contributed by atoms with Crippen LogP contribution in [-0.4, -0.2) is 41.1 Å². The number of carboxylic acids is 2. The Balaban J connectivity index is 0. The van der Waals surface area contributed by atoms with E-state index in [9.17, 15) is 4.57 Å². The zero-order chi connectivity index (χ0) is 14.1. The molecule has 1 atom stereocenters. The maximum absolute atomic E-state index is 11.5. The molecule has 0 aliphatic rings. The van der Waals surface area contributed by atoms with Crippen LogP contribution >= 0.6 is 7.60 Å². The molecule has 0 rings (SSSR count). The average Bonchev–Trinajstić information content (AvgIpc) is 2.18. The molecule has 0 fully saturated rings. The standard InChI is InChI=1S/C6H16NO3P.C2H2O4/c1-4-9-11(8,6(3)7)10-5-2;3-1(4)2(5)6/h6H,4-5,7H2,1-3H3;(H,3,4)(H,5,6). The number of carboxylic acid groups (broad SMARTS) is 2. The van der Waals surface area contributed by atoms with Crippen molar-refractivity contribution in [2.24, 2.45) is 5.73 Å². The SMILES string of the molecule is CCOP(=O)(OCC)C(C)N.O=C(O)C(=O)O. The van der Waals surface area contributed by atoms with Crippen molar-refractivity contribution in [3.05, 3.63) is 0 Å². The molecule has 0 bridgehead atoms. The molecule has 0 saturated heterocycles. The van der Waals surface area contributed by atoms with Gasteiger partial charge in [-0.25, -0.2) is 9.59 Å². The van der Waals surface area contributed by atoms with Gasteiger partial charge in [0.2, 0.25) is 0 Å². The zero-order valence-corrected chi connectivity index (χ0v) is 10.8. The highest BCUT2D eigenvalue weighted by Crippen LogP contribution is 2.50. The van der Waals surface area contributed by atoms with E-state index in [-0.39, 0.29) is 0 Å². The summed E-state index contributed by atoms with van der Waals surface area (Å²) in [6, 6.07) is 0. The van der Waals surface area contributed by atoms with Crippen LogP contribution in [0.2, 0.25) is 0 Å². The highest BCUT2D eigenvalue weighted by Gasteiger charge is 2.28. The predicted molar refractivity (Wildman–Crippen MR) is 59.8 cm³/mol. The van der Waals surface area contributed by atoms with Crippen LogP contribution in [0.3, 0.4) is 0 Å². The summed E-state index contributed by atoms with van der Waals surface area (Å²) in [4.78, 5) is 18.2. The third-order valence-corrected chi connectivity index (χ3v) is 3.53. The molecular formula is C8H18NO7P. The monoisotopic (exact) mass is 271 g/mol.